The summed E-state index contributed by atoms with van der Waals surface area (Å²) in [7, 11) is 0. The van der Waals surface area contributed by atoms with Crippen molar-refractivity contribution in [2.24, 2.45) is 34.5 Å². The molecule has 0 amide bonds. The molecule has 0 heterocycles. The topological polar surface area (TPSA) is 126 Å². The molecule has 3 aliphatic rings. The van der Waals surface area contributed by atoms with Gasteiger partial charge in [-0.1, -0.05) is 53.5 Å². The van der Waals surface area contributed by atoms with Crippen molar-refractivity contribution in [3.8, 4) is 5.75 Å². The van der Waals surface area contributed by atoms with Gasteiger partial charge in [-0.3, -0.25) is 24.0 Å². The molecule has 0 aliphatic heterocycles. The molecule has 4 rings (SSSR count). The van der Waals surface area contributed by atoms with Crippen molar-refractivity contribution in [2.45, 2.75) is 85.7 Å². The molecule has 0 bridgehead atoms. The first-order valence-corrected chi connectivity index (χ1v) is 13.4. The lowest BCUT2D eigenvalue weighted by atomic mass is 9.40. The second-order valence-electron chi connectivity index (χ2n) is 12.4. The van der Waals surface area contributed by atoms with E-state index in [0.29, 0.717) is 12.0 Å². The maximum absolute atomic E-state index is 14.2. The Hall–Kier alpha value is -2.67. The molecule has 0 radical (unpaired) electrons. The van der Waals surface area contributed by atoms with Crippen LogP contribution in [0, 0.1) is 34.5 Å². The Bertz CT molecular complexity index is 1210. The summed E-state index contributed by atoms with van der Waals surface area (Å²) in [5.74, 6) is -8.55. The standard InChI is InChI=1S/C30H38O7/c1-7-8-9-10-17-11-12-19(32)21-18(17)13-28(5)14-29(6)22(15(2)3)24(33)20(16(4)31)26(35)30(29,37)27(36)23(28)25(21)34/h11-12,15,20,22-23,32,37H,7-10,13-14H2,1-6H3/t20?,22?,23?,28-,29-,30+/m1/s1. The van der Waals surface area contributed by atoms with Crippen molar-refractivity contribution >= 4 is 28.9 Å². The molecule has 0 spiro atoms. The summed E-state index contributed by atoms with van der Waals surface area (Å²) in [6, 6.07) is 3.29. The second-order valence-corrected chi connectivity index (χ2v) is 12.4. The van der Waals surface area contributed by atoms with Crippen molar-refractivity contribution in [3.63, 3.8) is 0 Å². The van der Waals surface area contributed by atoms with Crippen LogP contribution in [0.25, 0.3) is 0 Å². The SMILES string of the molecule is CCCCCc1ccc(O)c2c1C[C@]1(C)C[C@]3(C)C(C(C)C)C(=O)C(C(C)=O)C(=O)[C@]3(O)C(=O)C1C2=O. The number of phenolic OH excluding ortho intramolecular Hbond substituents is 1. The number of unbranched alkanes of at least 4 members (excludes halogenated alkanes) is 2. The summed E-state index contributed by atoms with van der Waals surface area (Å²) in [4.78, 5) is 67.8. The number of ketones is 5. The lowest BCUT2D eigenvalue weighted by Crippen LogP contribution is -2.76. The van der Waals surface area contributed by atoms with E-state index in [0.717, 1.165) is 38.2 Å². The predicted octanol–water partition coefficient (Wildman–Crippen LogP) is 3.83. The fourth-order valence-electron chi connectivity index (χ4n) is 8.00. The van der Waals surface area contributed by atoms with Crippen LogP contribution in [0.3, 0.4) is 0 Å². The average molecular weight is 511 g/mol. The van der Waals surface area contributed by atoms with Crippen LogP contribution >= 0.6 is 0 Å². The molecular formula is C30H38O7. The molecule has 7 nitrogen and oxygen atoms in total. The molecule has 2 fully saturated rings. The number of phenols is 1. The Labute approximate surface area is 218 Å². The van der Waals surface area contributed by atoms with Gasteiger partial charge >= 0.3 is 0 Å². The highest BCUT2D eigenvalue weighted by molar-refractivity contribution is 6.32. The fourth-order valence-corrected chi connectivity index (χ4v) is 8.00. The van der Waals surface area contributed by atoms with Gasteiger partial charge in [0.2, 0.25) is 0 Å². The predicted molar refractivity (Wildman–Crippen MR) is 136 cm³/mol. The van der Waals surface area contributed by atoms with Crippen LogP contribution in [-0.4, -0.2) is 44.7 Å². The van der Waals surface area contributed by atoms with Gasteiger partial charge in [0.05, 0.1) is 11.5 Å². The number of hydrogen-bond donors (Lipinski definition) is 2. The van der Waals surface area contributed by atoms with E-state index in [9.17, 15) is 34.2 Å². The van der Waals surface area contributed by atoms with Gasteiger partial charge in [0.25, 0.3) is 0 Å². The number of rotatable bonds is 6. The van der Waals surface area contributed by atoms with Gasteiger partial charge in [-0.25, -0.2) is 0 Å². The molecule has 3 unspecified atom stereocenters. The highest BCUT2D eigenvalue weighted by Gasteiger charge is 2.76. The van der Waals surface area contributed by atoms with Gasteiger partial charge in [-0.2, -0.15) is 0 Å². The van der Waals surface area contributed by atoms with Gasteiger partial charge in [-0.05, 0) is 61.1 Å². The molecule has 2 N–H and O–H groups in total. The Morgan fingerprint density at radius 3 is 2.30 bits per heavy atom. The zero-order valence-corrected chi connectivity index (χ0v) is 22.6. The van der Waals surface area contributed by atoms with Crippen molar-refractivity contribution in [1.82, 2.24) is 0 Å². The van der Waals surface area contributed by atoms with Crippen LogP contribution in [0.5, 0.6) is 5.75 Å². The first-order chi connectivity index (χ1) is 17.2. The van der Waals surface area contributed by atoms with E-state index in [2.05, 4.69) is 6.92 Å². The zero-order valence-electron chi connectivity index (χ0n) is 22.6. The van der Waals surface area contributed by atoms with Gasteiger partial charge in [0.15, 0.2) is 28.7 Å². The molecule has 200 valence electrons. The number of aromatic hydroxyl groups is 1. The molecular weight excluding hydrogens is 472 g/mol. The minimum Gasteiger partial charge on any atom is -0.507 e. The molecule has 3 aliphatic carbocycles. The van der Waals surface area contributed by atoms with Gasteiger partial charge in [0.1, 0.15) is 17.5 Å². The van der Waals surface area contributed by atoms with Crippen molar-refractivity contribution < 1.29 is 34.2 Å². The summed E-state index contributed by atoms with van der Waals surface area (Å²) in [6.45, 7) is 10.2. The maximum atomic E-state index is 14.2. The molecule has 37 heavy (non-hydrogen) atoms. The van der Waals surface area contributed by atoms with Crippen LogP contribution < -0.4 is 0 Å². The van der Waals surface area contributed by atoms with Crippen molar-refractivity contribution in [1.29, 1.82) is 0 Å². The third-order valence-electron chi connectivity index (χ3n) is 9.41. The van der Waals surface area contributed by atoms with E-state index in [1.54, 1.807) is 20.8 Å². The second kappa shape index (κ2) is 8.97. The summed E-state index contributed by atoms with van der Waals surface area (Å²) >= 11 is 0. The van der Waals surface area contributed by atoms with Gasteiger partial charge < -0.3 is 10.2 Å². The minimum atomic E-state index is -2.65. The highest BCUT2D eigenvalue weighted by atomic mass is 16.3. The van der Waals surface area contributed by atoms with Crippen LogP contribution in [0.15, 0.2) is 12.1 Å². The van der Waals surface area contributed by atoms with Crippen LogP contribution in [0.2, 0.25) is 0 Å². The Morgan fingerprint density at radius 1 is 1.08 bits per heavy atom. The molecule has 0 aromatic heterocycles. The smallest absolute Gasteiger partial charge is 0.190 e. The quantitative estimate of drug-likeness (QED) is 0.440. The monoisotopic (exact) mass is 510 g/mol. The lowest BCUT2D eigenvalue weighted by Gasteiger charge is -2.61. The zero-order chi connectivity index (χ0) is 27.7. The lowest BCUT2D eigenvalue weighted by molar-refractivity contribution is -0.205. The number of carbonyl (C=O) groups is 5. The number of aliphatic hydroxyl groups is 1. The minimum absolute atomic E-state index is 0.0765. The summed E-state index contributed by atoms with van der Waals surface area (Å²) in [5, 5.41) is 22.7. The number of hydrogen-bond acceptors (Lipinski definition) is 7. The number of aryl methyl sites for hydroxylation is 1. The molecule has 6 atom stereocenters. The maximum Gasteiger partial charge on any atom is 0.190 e. The van der Waals surface area contributed by atoms with Crippen LogP contribution in [0.4, 0.5) is 0 Å². The normalized spacial score (nSPS) is 35.3. The van der Waals surface area contributed by atoms with Crippen LogP contribution in [0.1, 0.15) is 88.7 Å². The summed E-state index contributed by atoms with van der Waals surface area (Å²) in [6.07, 6.45) is 4.08. The van der Waals surface area contributed by atoms with E-state index in [1.165, 1.54) is 6.07 Å². The number of carbonyl (C=O) groups excluding carboxylic acids is 5. The Kier molecular flexibility index (Phi) is 6.63. The average Bonchev–Trinajstić information content (AvgIpc) is 2.77. The summed E-state index contributed by atoms with van der Waals surface area (Å²) < 4.78 is 0. The molecule has 1 aromatic rings. The van der Waals surface area contributed by atoms with E-state index in [1.807, 2.05) is 13.0 Å². The van der Waals surface area contributed by atoms with E-state index in [-0.39, 0.29) is 23.7 Å². The third-order valence-corrected chi connectivity index (χ3v) is 9.41. The number of fused-ring (bicyclic) bond motifs is 3. The first-order valence-electron chi connectivity index (χ1n) is 13.4. The largest absolute Gasteiger partial charge is 0.507 e. The molecule has 2 saturated carbocycles. The number of Topliss-reactive ketones (excluding diaryl/α,β-unsaturated/α-hetero) is 5. The molecule has 1 aromatic carbocycles. The van der Waals surface area contributed by atoms with E-state index >= 15 is 0 Å². The Morgan fingerprint density at radius 2 is 1.73 bits per heavy atom. The number of benzene rings is 1. The fraction of sp³-hybridized carbons (Fsp3) is 0.633. The molecule has 7 heteroatoms. The summed E-state index contributed by atoms with van der Waals surface area (Å²) in [5.41, 5.74) is -3.39. The van der Waals surface area contributed by atoms with E-state index < -0.39 is 63.1 Å². The third kappa shape index (κ3) is 3.60. The molecule has 0 saturated heterocycles. The van der Waals surface area contributed by atoms with E-state index in [4.69, 9.17) is 0 Å². The van der Waals surface area contributed by atoms with Crippen LogP contribution in [-0.2, 0) is 32.0 Å². The van der Waals surface area contributed by atoms with Crippen molar-refractivity contribution in [2.75, 3.05) is 0 Å². The Balaban J connectivity index is 1.92. The van der Waals surface area contributed by atoms with Gasteiger partial charge in [0, 0.05) is 11.3 Å². The van der Waals surface area contributed by atoms with Gasteiger partial charge in [-0.15, -0.1) is 0 Å². The van der Waals surface area contributed by atoms with Crippen molar-refractivity contribution in [3.05, 3.63) is 28.8 Å². The first kappa shape index (κ1) is 27.4. The highest BCUT2D eigenvalue weighted by Crippen LogP contribution is 2.63.